The second-order valence-electron chi connectivity index (χ2n) is 6.39. The molecule has 9 heteroatoms. The summed E-state index contributed by atoms with van der Waals surface area (Å²) in [6.45, 7) is 3.86. The Labute approximate surface area is 148 Å². The molecule has 136 valence electrons. The highest BCUT2D eigenvalue weighted by molar-refractivity contribution is 7.86. The fraction of sp³-hybridized carbons (Fsp3) is 0.562. The second kappa shape index (κ2) is 7.19. The number of hydrogen-bond acceptors (Lipinski definition) is 5. The van der Waals surface area contributed by atoms with Gasteiger partial charge in [0, 0.05) is 52.3 Å². The Morgan fingerprint density at radius 1 is 1.24 bits per heavy atom. The van der Waals surface area contributed by atoms with E-state index in [4.69, 9.17) is 0 Å². The van der Waals surface area contributed by atoms with Crippen LogP contribution in [-0.2, 0) is 23.2 Å². The summed E-state index contributed by atoms with van der Waals surface area (Å²) in [6, 6.07) is 1.94. The predicted octanol–water partition coefficient (Wildman–Crippen LogP) is 1.03. The monoisotopic (exact) mass is 364 g/mol. The molecule has 1 unspecified atom stereocenters. The van der Waals surface area contributed by atoms with Crippen molar-refractivity contribution in [2.45, 2.75) is 26.3 Å². The Bertz CT molecular complexity index is 833. The zero-order chi connectivity index (χ0) is 18.0. The summed E-state index contributed by atoms with van der Waals surface area (Å²) in [6.07, 6.45) is 6.67. The van der Waals surface area contributed by atoms with Crippen LogP contribution in [0.25, 0.3) is 11.4 Å². The van der Waals surface area contributed by atoms with Crippen LogP contribution in [0, 0.1) is 5.92 Å². The van der Waals surface area contributed by atoms with Gasteiger partial charge in [-0.3, -0.25) is 14.6 Å². The lowest BCUT2D eigenvalue weighted by Crippen LogP contribution is -2.38. The summed E-state index contributed by atoms with van der Waals surface area (Å²) >= 11 is 0. The van der Waals surface area contributed by atoms with Crippen molar-refractivity contribution >= 4 is 10.2 Å². The zero-order valence-electron chi connectivity index (χ0n) is 14.8. The van der Waals surface area contributed by atoms with Crippen LogP contribution in [-0.4, -0.2) is 64.0 Å². The van der Waals surface area contributed by atoms with Gasteiger partial charge in [0.15, 0.2) is 0 Å². The van der Waals surface area contributed by atoms with Crippen molar-refractivity contribution in [3.8, 4) is 11.4 Å². The maximum Gasteiger partial charge on any atom is 0.281 e. The number of rotatable bonds is 6. The van der Waals surface area contributed by atoms with Gasteiger partial charge >= 0.3 is 0 Å². The first-order valence-electron chi connectivity index (χ1n) is 8.43. The molecule has 8 nitrogen and oxygen atoms in total. The standard InChI is InChI=1S/C16H24N6O2S/c1-4-22-15(5-7-19-22)16-14(17-8-9-18-16)11-13-6-10-21(12-13)25(23,24)20(2)3/h5,7-9,13H,4,6,10-12H2,1-3H3. The van der Waals surface area contributed by atoms with Gasteiger partial charge in [0.25, 0.3) is 10.2 Å². The largest absolute Gasteiger partial charge is 0.281 e. The van der Waals surface area contributed by atoms with Crippen molar-refractivity contribution in [3.05, 3.63) is 30.4 Å². The Hall–Kier alpha value is -1.84. The first-order valence-corrected chi connectivity index (χ1v) is 9.82. The van der Waals surface area contributed by atoms with E-state index < -0.39 is 10.2 Å². The number of aromatic nitrogens is 4. The molecule has 0 aliphatic carbocycles. The molecule has 1 aliphatic heterocycles. The summed E-state index contributed by atoms with van der Waals surface area (Å²) in [5.74, 6) is 0.239. The first kappa shape index (κ1) is 18.0. The molecule has 25 heavy (non-hydrogen) atoms. The molecule has 1 fully saturated rings. The quantitative estimate of drug-likeness (QED) is 0.764. The summed E-state index contributed by atoms with van der Waals surface area (Å²) in [5, 5.41) is 4.30. The maximum atomic E-state index is 12.3. The van der Waals surface area contributed by atoms with Gasteiger partial charge in [0.2, 0.25) is 0 Å². The van der Waals surface area contributed by atoms with Crippen LogP contribution in [0.5, 0.6) is 0 Å². The lowest BCUT2D eigenvalue weighted by molar-refractivity contribution is 0.409. The molecular weight excluding hydrogens is 340 g/mol. The van der Waals surface area contributed by atoms with Gasteiger partial charge in [-0.05, 0) is 31.7 Å². The molecule has 0 radical (unpaired) electrons. The molecule has 0 N–H and O–H groups in total. The third-order valence-corrected chi connectivity index (χ3v) is 6.46. The van der Waals surface area contributed by atoms with E-state index in [0.29, 0.717) is 19.5 Å². The molecule has 3 heterocycles. The minimum absolute atomic E-state index is 0.239. The number of nitrogens with zero attached hydrogens (tertiary/aromatic N) is 6. The van der Waals surface area contributed by atoms with E-state index in [9.17, 15) is 8.42 Å². The molecule has 1 atom stereocenters. The van der Waals surface area contributed by atoms with Gasteiger partial charge in [-0.25, -0.2) is 0 Å². The SMILES string of the molecule is CCn1nccc1-c1nccnc1CC1CCN(S(=O)(=O)N(C)C)C1. The highest BCUT2D eigenvalue weighted by Crippen LogP contribution is 2.27. The van der Waals surface area contributed by atoms with Gasteiger partial charge in [-0.15, -0.1) is 0 Å². The van der Waals surface area contributed by atoms with E-state index in [1.165, 1.54) is 4.31 Å². The highest BCUT2D eigenvalue weighted by atomic mass is 32.2. The minimum Gasteiger partial charge on any atom is -0.264 e. The third kappa shape index (κ3) is 3.58. The van der Waals surface area contributed by atoms with E-state index in [1.54, 1.807) is 37.0 Å². The van der Waals surface area contributed by atoms with Crippen molar-refractivity contribution in [1.29, 1.82) is 0 Å². The van der Waals surface area contributed by atoms with Crippen molar-refractivity contribution in [2.75, 3.05) is 27.2 Å². The minimum atomic E-state index is -3.35. The average molecular weight is 364 g/mol. The van der Waals surface area contributed by atoms with Gasteiger partial charge in [0.1, 0.15) is 5.69 Å². The smallest absolute Gasteiger partial charge is 0.264 e. The van der Waals surface area contributed by atoms with E-state index in [2.05, 4.69) is 15.1 Å². The van der Waals surface area contributed by atoms with Gasteiger partial charge < -0.3 is 0 Å². The lowest BCUT2D eigenvalue weighted by Gasteiger charge is -2.21. The van der Waals surface area contributed by atoms with Crippen molar-refractivity contribution < 1.29 is 8.42 Å². The van der Waals surface area contributed by atoms with Gasteiger partial charge in [0.05, 0.1) is 11.4 Å². The van der Waals surface area contributed by atoms with Crippen molar-refractivity contribution in [1.82, 2.24) is 28.4 Å². The summed E-state index contributed by atoms with van der Waals surface area (Å²) in [5.41, 5.74) is 2.67. The molecule has 0 aromatic carbocycles. The fourth-order valence-corrected chi connectivity index (χ4v) is 4.39. The topological polar surface area (TPSA) is 84.2 Å². The lowest BCUT2D eigenvalue weighted by atomic mass is 10.0. The Morgan fingerprint density at radius 3 is 2.72 bits per heavy atom. The molecule has 3 rings (SSSR count). The molecule has 1 saturated heterocycles. The Balaban J connectivity index is 1.79. The van der Waals surface area contributed by atoms with Crippen molar-refractivity contribution in [3.63, 3.8) is 0 Å². The molecular formula is C16H24N6O2S. The molecule has 0 saturated carbocycles. The third-order valence-electron chi connectivity index (χ3n) is 4.55. The van der Waals surface area contributed by atoms with Crippen molar-refractivity contribution in [2.24, 2.45) is 5.92 Å². The Kier molecular flexibility index (Phi) is 5.16. The molecule has 0 amide bonds. The molecule has 1 aliphatic rings. The average Bonchev–Trinajstić information content (AvgIpc) is 3.24. The molecule has 2 aromatic rings. The highest BCUT2D eigenvalue weighted by Gasteiger charge is 2.33. The van der Waals surface area contributed by atoms with Crippen LogP contribution in [0.2, 0.25) is 0 Å². The van der Waals surface area contributed by atoms with Crippen LogP contribution in [0.4, 0.5) is 0 Å². The summed E-state index contributed by atoms with van der Waals surface area (Å²) in [4.78, 5) is 9.02. The van der Waals surface area contributed by atoms with Crippen LogP contribution in [0.1, 0.15) is 19.0 Å². The van der Waals surface area contributed by atoms with E-state index in [0.717, 1.165) is 30.0 Å². The van der Waals surface area contributed by atoms with Crippen LogP contribution < -0.4 is 0 Å². The normalized spacial score (nSPS) is 19.0. The summed E-state index contributed by atoms with van der Waals surface area (Å²) < 4.78 is 29.3. The van der Waals surface area contributed by atoms with Crippen LogP contribution in [0.3, 0.4) is 0 Å². The zero-order valence-corrected chi connectivity index (χ0v) is 15.6. The number of aryl methyl sites for hydroxylation is 1. The molecule has 2 aromatic heterocycles. The maximum absolute atomic E-state index is 12.3. The van der Waals surface area contributed by atoms with E-state index in [-0.39, 0.29) is 5.92 Å². The van der Waals surface area contributed by atoms with E-state index >= 15 is 0 Å². The predicted molar refractivity (Wildman–Crippen MR) is 94.9 cm³/mol. The van der Waals surface area contributed by atoms with Crippen LogP contribution >= 0.6 is 0 Å². The van der Waals surface area contributed by atoms with E-state index in [1.807, 2.05) is 17.7 Å². The van der Waals surface area contributed by atoms with Gasteiger partial charge in [-0.1, -0.05) is 0 Å². The van der Waals surface area contributed by atoms with Gasteiger partial charge in [-0.2, -0.15) is 22.1 Å². The second-order valence-corrected chi connectivity index (χ2v) is 8.53. The molecule has 0 spiro atoms. The van der Waals surface area contributed by atoms with Crippen LogP contribution in [0.15, 0.2) is 24.7 Å². The fourth-order valence-electron chi connectivity index (χ4n) is 3.19. The molecule has 0 bridgehead atoms. The first-order chi connectivity index (χ1) is 11.9. The summed E-state index contributed by atoms with van der Waals surface area (Å²) in [7, 11) is -0.220. The Morgan fingerprint density at radius 2 is 2.00 bits per heavy atom. The number of hydrogen-bond donors (Lipinski definition) is 0.